The minimum atomic E-state index is -4.65. The summed E-state index contributed by atoms with van der Waals surface area (Å²) in [6, 6.07) is 3.02. The van der Waals surface area contributed by atoms with E-state index in [1.165, 1.54) is 18.5 Å². The number of hydrogen-bond donors (Lipinski definition) is 1. The maximum absolute atomic E-state index is 12.6. The molecule has 0 saturated carbocycles. The lowest BCUT2D eigenvalue weighted by atomic mass is 10.2. The van der Waals surface area contributed by atoms with Crippen LogP contribution in [0.5, 0.6) is 0 Å². The van der Waals surface area contributed by atoms with Crippen LogP contribution >= 0.6 is 11.8 Å². The SMILES string of the molecule is O=C(O)c1ccc(C(F)(F)F)nc1Sc1ncccn1. The molecule has 2 heterocycles. The van der Waals surface area contributed by atoms with Crippen LogP contribution in [0.3, 0.4) is 0 Å². The van der Waals surface area contributed by atoms with Gasteiger partial charge in [0.25, 0.3) is 0 Å². The third kappa shape index (κ3) is 3.23. The van der Waals surface area contributed by atoms with E-state index in [1.807, 2.05) is 0 Å². The van der Waals surface area contributed by atoms with Gasteiger partial charge >= 0.3 is 12.1 Å². The van der Waals surface area contributed by atoms with Crippen LogP contribution in [0, 0.1) is 0 Å². The van der Waals surface area contributed by atoms with Crippen LogP contribution in [0.25, 0.3) is 0 Å². The van der Waals surface area contributed by atoms with Gasteiger partial charge in [-0.2, -0.15) is 13.2 Å². The topological polar surface area (TPSA) is 76.0 Å². The second kappa shape index (κ2) is 5.45. The molecular weight excluding hydrogens is 295 g/mol. The smallest absolute Gasteiger partial charge is 0.433 e. The number of carboxylic acid groups (broad SMARTS) is 1. The van der Waals surface area contributed by atoms with Crippen LogP contribution in [0.15, 0.2) is 40.8 Å². The van der Waals surface area contributed by atoms with E-state index in [9.17, 15) is 18.0 Å². The van der Waals surface area contributed by atoms with E-state index < -0.39 is 17.8 Å². The van der Waals surface area contributed by atoms with E-state index in [0.717, 1.165) is 6.07 Å². The molecule has 0 spiro atoms. The van der Waals surface area contributed by atoms with Crippen LogP contribution in [-0.4, -0.2) is 26.0 Å². The number of pyridine rings is 1. The van der Waals surface area contributed by atoms with Gasteiger partial charge in [-0.15, -0.1) is 0 Å². The van der Waals surface area contributed by atoms with Crippen molar-refractivity contribution in [3.8, 4) is 0 Å². The molecule has 5 nitrogen and oxygen atoms in total. The fraction of sp³-hybridized carbons (Fsp3) is 0.0909. The van der Waals surface area contributed by atoms with Crippen molar-refractivity contribution in [2.24, 2.45) is 0 Å². The number of hydrogen-bond acceptors (Lipinski definition) is 5. The van der Waals surface area contributed by atoms with Crippen LogP contribution in [0.4, 0.5) is 13.2 Å². The third-order valence-electron chi connectivity index (χ3n) is 2.11. The zero-order valence-corrected chi connectivity index (χ0v) is 10.4. The van der Waals surface area contributed by atoms with Gasteiger partial charge < -0.3 is 5.11 Å². The number of alkyl halides is 3. The highest BCUT2D eigenvalue weighted by molar-refractivity contribution is 7.99. The third-order valence-corrected chi connectivity index (χ3v) is 3.01. The van der Waals surface area contributed by atoms with Gasteiger partial charge in [-0.25, -0.2) is 19.7 Å². The summed E-state index contributed by atoms with van der Waals surface area (Å²) in [5.74, 6) is -1.37. The highest BCUT2D eigenvalue weighted by Crippen LogP contribution is 2.32. The largest absolute Gasteiger partial charge is 0.478 e. The van der Waals surface area contributed by atoms with E-state index in [4.69, 9.17) is 5.11 Å². The van der Waals surface area contributed by atoms with Crippen LogP contribution < -0.4 is 0 Å². The predicted octanol–water partition coefficient (Wildman–Crippen LogP) is 2.74. The Balaban J connectivity index is 2.45. The summed E-state index contributed by atoms with van der Waals surface area (Å²) in [6.07, 6.45) is -1.86. The van der Waals surface area contributed by atoms with Gasteiger partial charge in [-0.3, -0.25) is 0 Å². The molecule has 9 heteroatoms. The number of aromatic nitrogens is 3. The molecule has 0 radical (unpaired) electrons. The van der Waals surface area contributed by atoms with Crippen molar-refractivity contribution in [2.45, 2.75) is 16.4 Å². The lowest BCUT2D eigenvalue weighted by Crippen LogP contribution is -2.11. The van der Waals surface area contributed by atoms with E-state index in [0.29, 0.717) is 17.8 Å². The molecule has 20 heavy (non-hydrogen) atoms. The van der Waals surface area contributed by atoms with Gasteiger partial charge in [0.1, 0.15) is 10.7 Å². The maximum Gasteiger partial charge on any atom is 0.433 e. The molecule has 0 aliphatic heterocycles. The summed E-state index contributed by atoms with van der Waals surface area (Å²) in [5.41, 5.74) is -1.50. The van der Waals surface area contributed by atoms with Crippen molar-refractivity contribution in [3.63, 3.8) is 0 Å². The van der Waals surface area contributed by atoms with Gasteiger partial charge in [0.15, 0.2) is 5.16 Å². The minimum Gasteiger partial charge on any atom is -0.478 e. The average molecular weight is 301 g/mol. The first-order chi connectivity index (χ1) is 9.38. The van der Waals surface area contributed by atoms with Crippen molar-refractivity contribution in [2.75, 3.05) is 0 Å². The first-order valence-electron chi connectivity index (χ1n) is 5.14. The Morgan fingerprint density at radius 1 is 1.20 bits per heavy atom. The van der Waals surface area contributed by atoms with Gasteiger partial charge in [0.05, 0.1) is 5.56 Å². The molecule has 0 unspecified atom stereocenters. The summed E-state index contributed by atoms with van der Waals surface area (Å²) >= 11 is 0.659. The summed E-state index contributed by atoms with van der Waals surface area (Å²) in [6.45, 7) is 0. The Hall–Kier alpha value is -2.16. The molecule has 2 aromatic heterocycles. The highest BCUT2D eigenvalue weighted by Gasteiger charge is 2.33. The maximum atomic E-state index is 12.6. The van der Waals surface area contributed by atoms with E-state index in [1.54, 1.807) is 0 Å². The molecule has 2 aromatic rings. The summed E-state index contributed by atoms with van der Waals surface area (Å²) in [5, 5.41) is 8.77. The van der Waals surface area contributed by atoms with Crippen LogP contribution in [0.2, 0.25) is 0 Å². The minimum absolute atomic E-state index is 0.113. The van der Waals surface area contributed by atoms with Crippen LogP contribution in [0.1, 0.15) is 16.1 Å². The quantitative estimate of drug-likeness (QED) is 0.878. The van der Waals surface area contributed by atoms with Crippen molar-refractivity contribution in [1.29, 1.82) is 0 Å². The second-order valence-corrected chi connectivity index (χ2v) is 4.44. The Morgan fingerprint density at radius 3 is 2.40 bits per heavy atom. The molecule has 0 aromatic carbocycles. The zero-order chi connectivity index (χ0) is 14.8. The van der Waals surface area contributed by atoms with Crippen molar-refractivity contribution in [3.05, 3.63) is 41.9 Å². The molecule has 0 saturated heterocycles. The van der Waals surface area contributed by atoms with Crippen molar-refractivity contribution in [1.82, 2.24) is 15.0 Å². The van der Waals surface area contributed by atoms with Crippen molar-refractivity contribution < 1.29 is 23.1 Å². The van der Waals surface area contributed by atoms with Crippen LogP contribution in [-0.2, 0) is 6.18 Å². The normalized spacial score (nSPS) is 11.3. The molecule has 0 amide bonds. The van der Waals surface area contributed by atoms with E-state index in [2.05, 4.69) is 15.0 Å². The van der Waals surface area contributed by atoms with Gasteiger partial charge in [-0.05, 0) is 30.0 Å². The number of aromatic carboxylic acids is 1. The Morgan fingerprint density at radius 2 is 1.85 bits per heavy atom. The Labute approximate surface area is 114 Å². The monoisotopic (exact) mass is 301 g/mol. The average Bonchev–Trinajstić information content (AvgIpc) is 2.38. The molecule has 0 bridgehead atoms. The van der Waals surface area contributed by atoms with Gasteiger partial charge in [-0.1, -0.05) is 0 Å². The van der Waals surface area contributed by atoms with Gasteiger partial charge in [0, 0.05) is 12.4 Å². The fourth-order valence-corrected chi connectivity index (χ4v) is 2.07. The molecular formula is C11H6F3N3O2S. The zero-order valence-electron chi connectivity index (χ0n) is 9.63. The summed E-state index contributed by atoms with van der Waals surface area (Å²) in [4.78, 5) is 21.9. The first-order valence-corrected chi connectivity index (χ1v) is 5.96. The number of carboxylic acids is 1. The number of rotatable bonds is 3. The lowest BCUT2D eigenvalue weighted by molar-refractivity contribution is -0.141. The Bertz CT molecular complexity index is 635. The van der Waals surface area contributed by atoms with E-state index in [-0.39, 0.29) is 15.7 Å². The standard InChI is InChI=1S/C11H6F3N3O2S/c12-11(13,14)7-3-2-6(9(18)19)8(17-7)20-10-15-4-1-5-16-10/h1-5H,(H,18,19). The highest BCUT2D eigenvalue weighted by atomic mass is 32.2. The molecule has 0 aliphatic carbocycles. The summed E-state index contributed by atoms with van der Waals surface area (Å²) < 4.78 is 37.8. The molecule has 0 fully saturated rings. The fourth-order valence-electron chi connectivity index (χ4n) is 1.26. The number of nitrogens with zero attached hydrogens (tertiary/aromatic N) is 3. The lowest BCUT2D eigenvalue weighted by Gasteiger charge is -2.09. The Kier molecular flexibility index (Phi) is 3.89. The van der Waals surface area contributed by atoms with Crippen molar-refractivity contribution >= 4 is 17.7 Å². The predicted molar refractivity (Wildman–Crippen MR) is 62.4 cm³/mol. The first kappa shape index (κ1) is 14.3. The summed E-state index contributed by atoms with van der Waals surface area (Å²) in [7, 11) is 0. The molecule has 2 rings (SSSR count). The number of halogens is 3. The van der Waals surface area contributed by atoms with E-state index >= 15 is 0 Å². The second-order valence-electron chi connectivity index (χ2n) is 3.49. The molecule has 0 aliphatic rings. The molecule has 0 atom stereocenters. The molecule has 104 valence electrons. The number of carbonyl (C=O) groups is 1. The van der Waals surface area contributed by atoms with Gasteiger partial charge in [0.2, 0.25) is 0 Å². The molecule has 1 N–H and O–H groups in total.